The summed E-state index contributed by atoms with van der Waals surface area (Å²) in [6.07, 6.45) is 0. The topological polar surface area (TPSA) is 21.3 Å². The minimum atomic E-state index is -0.0467. The van der Waals surface area contributed by atoms with Crippen molar-refractivity contribution >= 4 is 23.2 Å². The maximum Gasteiger partial charge on any atom is 0.124 e. The fraction of sp³-hybridized carbons (Fsp3) is 0.250. The first-order chi connectivity index (χ1) is 9.56. The smallest absolute Gasteiger partial charge is 0.124 e. The quantitative estimate of drug-likeness (QED) is 0.890. The number of benzene rings is 2. The second-order valence-corrected chi connectivity index (χ2v) is 5.48. The number of rotatable bonds is 4. The molecule has 106 valence electrons. The minimum Gasteiger partial charge on any atom is -0.496 e. The zero-order valence-electron chi connectivity index (χ0n) is 11.7. The van der Waals surface area contributed by atoms with Gasteiger partial charge in [-0.05, 0) is 37.7 Å². The summed E-state index contributed by atoms with van der Waals surface area (Å²) >= 11 is 12.3. The third-order valence-corrected chi connectivity index (χ3v) is 3.82. The first-order valence-corrected chi connectivity index (χ1v) is 7.09. The van der Waals surface area contributed by atoms with Gasteiger partial charge in [-0.25, -0.2) is 0 Å². The van der Waals surface area contributed by atoms with Crippen LogP contribution in [0.3, 0.4) is 0 Å². The summed E-state index contributed by atoms with van der Waals surface area (Å²) in [7, 11) is 3.57. The number of methoxy groups -OCH3 is 1. The number of halogens is 2. The van der Waals surface area contributed by atoms with Crippen LogP contribution >= 0.6 is 23.2 Å². The molecule has 0 saturated carbocycles. The zero-order valence-corrected chi connectivity index (χ0v) is 13.2. The number of ether oxygens (including phenoxy) is 1. The van der Waals surface area contributed by atoms with E-state index in [1.165, 1.54) is 5.56 Å². The van der Waals surface area contributed by atoms with Crippen LogP contribution in [0.25, 0.3) is 0 Å². The molecular formula is C16H17Cl2NO. The average Bonchev–Trinajstić information content (AvgIpc) is 2.42. The molecule has 4 heteroatoms. The Balaban J connectivity index is 2.54. The van der Waals surface area contributed by atoms with Crippen LogP contribution in [0.5, 0.6) is 5.75 Å². The maximum atomic E-state index is 6.32. The number of aryl methyl sites for hydroxylation is 1. The molecule has 1 atom stereocenters. The van der Waals surface area contributed by atoms with E-state index in [2.05, 4.69) is 18.3 Å². The molecule has 0 saturated heterocycles. The molecule has 2 aromatic carbocycles. The van der Waals surface area contributed by atoms with Gasteiger partial charge in [0.25, 0.3) is 0 Å². The highest BCUT2D eigenvalue weighted by Gasteiger charge is 2.19. The molecule has 0 bridgehead atoms. The molecule has 0 amide bonds. The molecule has 1 unspecified atom stereocenters. The Hall–Kier alpha value is -1.22. The molecule has 0 aliphatic carbocycles. The van der Waals surface area contributed by atoms with E-state index in [1.807, 2.05) is 31.3 Å². The van der Waals surface area contributed by atoms with Gasteiger partial charge in [-0.3, -0.25) is 0 Å². The van der Waals surface area contributed by atoms with E-state index >= 15 is 0 Å². The van der Waals surface area contributed by atoms with Crippen molar-refractivity contribution in [1.29, 1.82) is 0 Å². The van der Waals surface area contributed by atoms with E-state index in [0.29, 0.717) is 10.0 Å². The summed E-state index contributed by atoms with van der Waals surface area (Å²) in [5, 5.41) is 4.56. The molecule has 2 rings (SSSR count). The number of nitrogens with one attached hydrogen (secondary N) is 1. The molecule has 0 heterocycles. The zero-order chi connectivity index (χ0) is 14.7. The summed E-state index contributed by atoms with van der Waals surface area (Å²) in [5.74, 6) is 0.834. The highest BCUT2D eigenvalue weighted by molar-refractivity contribution is 6.35. The van der Waals surface area contributed by atoms with Crippen LogP contribution in [0.1, 0.15) is 22.7 Å². The van der Waals surface area contributed by atoms with E-state index < -0.39 is 0 Å². The van der Waals surface area contributed by atoms with Crippen LogP contribution < -0.4 is 10.1 Å². The summed E-state index contributed by atoms with van der Waals surface area (Å²) in [4.78, 5) is 0. The number of hydrogen-bond donors (Lipinski definition) is 1. The fourth-order valence-corrected chi connectivity index (χ4v) is 2.81. The van der Waals surface area contributed by atoms with Crippen molar-refractivity contribution in [3.63, 3.8) is 0 Å². The Morgan fingerprint density at radius 3 is 2.40 bits per heavy atom. The predicted molar refractivity (Wildman–Crippen MR) is 85.1 cm³/mol. The SMILES string of the molecule is CNC(c1ccc(Cl)cc1Cl)c1cc(C)ccc1OC. The molecule has 1 N–H and O–H groups in total. The van der Waals surface area contributed by atoms with E-state index in [9.17, 15) is 0 Å². The van der Waals surface area contributed by atoms with E-state index in [1.54, 1.807) is 13.2 Å². The van der Waals surface area contributed by atoms with Gasteiger partial charge in [0, 0.05) is 15.6 Å². The third-order valence-electron chi connectivity index (χ3n) is 3.26. The van der Waals surface area contributed by atoms with Crippen LogP contribution in [0.2, 0.25) is 10.0 Å². The van der Waals surface area contributed by atoms with Gasteiger partial charge < -0.3 is 10.1 Å². The molecule has 2 nitrogen and oxygen atoms in total. The van der Waals surface area contributed by atoms with Gasteiger partial charge in [-0.2, -0.15) is 0 Å². The van der Waals surface area contributed by atoms with Crippen LogP contribution in [0, 0.1) is 6.92 Å². The van der Waals surface area contributed by atoms with Crippen LogP contribution in [-0.2, 0) is 0 Å². The maximum absolute atomic E-state index is 6.32. The Morgan fingerprint density at radius 1 is 1.05 bits per heavy atom. The van der Waals surface area contributed by atoms with Gasteiger partial charge in [0.15, 0.2) is 0 Å². The van der Waals surface area contributed by atoms with Crippen LogP contribution in [0.4, 0.5) is 0 Å². The van der Waals surface area contributed by atoms with Crippen molar-refractivity contribution in [3.05, 3.63) is 63.1 Å². The second-order valence-electron chi connectivity index (χ2n) is 4.63. The summed E-state index contributed by atoms with van der Waals surface area (Å²) in [6.45, 7) is 2.05. The average molecular weight is 310 g/mol. The first kappa shape index (κ1) is 15.2. The molecule has 0 aliphatic heterocycles. The Bertz CT molecular complexity index is 613. The molecule has 2 aromatic rings. The Morgan fingerprint density at radius 2 is 1.80 bits per heavy atom. The van der Waals surface area contributed by atoms with Crippen molar-refractivity contribution in [2.24, 2.45) is 0 Å². The van der Waals surface area contributed by atoms with Gasteiger partial charge in [0.05, 0.1) is 13.2 Å². The van der Waals surface area contributed by atoms with Crippen molar-refractivity contribution in [3.8, 4) is 5.75 Å². The largest absolute Gasteiger partial charge is 0.496 e. The van der Waals surface area contributed by atoms with Crippen molar-refractivity contribution < 1.29 is 4.74 Å². The molecule has 0 radical (unpaired) electrons. The molecule has 0 fully saturated rings. The second kappa shape index (κ2) is 6.49. The monoisotopic (exact) mass is 309 g/mol. The molecular weight excluding hydrogens is 293 g/mol. The van der Waals surface area contributed by atoms with Crippen molar-refractivity contribution in [2.75, 3.05) is 14.2 Å². The molecule has 20 heavy (non-hydrogen) atoms. The molecule has 0 aromatic heterocycles. The number of hydrogen-bond acceptors (Lipinski definition) is 2. The van der Waals surface area contributed by atoms with Gasteiger partial charge >= 0.3 is 0 Å². The Labute approximate surface area is 129 Å². The van der Waals surface area contributed by atoms with Crippen molar-refractivity contribution in [2.45, 2.75) is 13.0 Å². The van der Waals surface area contributed by atoms with Crippen molar-refractivity contribution in [1.82, 2.24) is 5.32 Å². The van der Waals surface area contributed by atoms with Crippen LogP contribution in [0.15, 0.2) is 36.4 Å². The van der Waals surface area contributed by atoms with Gasteiger partial charge in [0.1, 0.15) is 5.75 Å². The highest BCUT2D eigenvalue weighted by Crippen LogP contribution is 2.35. The lowest BCUT2D eigenvalue weighted by atomic mass is 9.96. The molecule has 0 spiro atoms. The van der Waals surface area contributed by atoms with E-state index in [-0.39, 0.29) is 6.04 Å². The standard InChI is InChI=1S/C16H17Cl2NO/c1-10-4-7-15(20-3)13(8-10)16(19-2)12-6-5-11(17)9-14(12)18/h4-9,16,19H,1-3H3. The Kier molecular flexibility index (Phi) is 4.92. The first-order valence-electron chi connectivity index (χ1n) is 6.33. The molecule has 0 aliphatic rings. The lowest BCUT2D eigenvalue weighted by Crippen LogP contribution is -2.19. The van der Waals surface area contributed by atoms with Crippen LogP contribution in [-0.4, -0.2) is 14.2 Å². The summed E-state index contributed by atoms with van der Waals surface area (Å²) in [6, 6.07) is 11.6. The summed E-state index contributed by atoms with van der Waals surface area (Å²) in [5.41, 5.74) is 3.20. The third kappa shape index (κ3) is 3.09. The fourth-order valence-electron chi connectivity index (χ4n) is 2.29. The lowest BCUT2D eigenvalue weighted by molar-refractivity contribution is 0.405. The van der Waals surface area contributed by atoms with Gasteiger partial charge in [-0.15, -0.1) is 0 Å². The van der Waals surface area contributed by atoms with Gasteiger partial charge in [-0.1, -0.05) is 47.0 Å². The minimum absolute atomic E-state index is 0.0467. The highest BCUT2D eigenvalue weighted by atomic mass is 35.5. The lowest BCUT2D eigenvalue weighted by Gasteiger charge is -2.21. The van der Waals surface area contributed by atoms with E-state index in [4.69, 9.17) is 27.9 Å². The normalized spacial score (nSPS) is 12.2. The van der Waals surface area contributed by atoms with Gasteiger partial charge in [0.2, 0.25) is 0 Å². The predicted octanol–water partition coefficient (Wildman–Crippen LogP) is 4.62. The summed E-state index contributed by atoms with van der Waals surface area (Å²) < 4.78 is 5.46. The van der Waals surface area contributed by atoms with E-state index in [0.717, 1.165) is 16.9 Å².